The highest BCUT2D eigenvalue weighted by Crippen LogP contribution is 2.43. The van der Waals surface area contributed by atoms with E-state index >= 15 is 0 Å². The lowest BCUT2D eigenvalue weighted by Crippen LogP contribution is -2.28. The molecule has 198 valence electrons. The number of rotatable bonds is 5. The summed E-state index contributed by atoms with van der Waals surface area (Å²) < 4.78 is 15.4. The van der Waals surface area contributed by atoms with Gasteiger partial charge in [0.2, 0.25) is 0 Å². The second-order valence-electron chi connectivity index (χ2n) is 11.0. The number of nitrogens with zero attached hydrogens (tertiary/aromatic N) is 6. The van der Waals surface area contributed by atoms with Crippen molar-refractivity contribution in [2.75, 3.05) is 13.2 Å². The van der Waals surface area contributed by atoms with Crippen LogP contribution in [0.1, 0.15) is 61.1 Å². The summed E-state index contributed by atoms with van der Waals surface area (Å²) in [5, 5.41) is 20.2. The van der Waals surface area contributed by atoms with Crippen molar-refractivity contribution < 1.29 is 14.4 Å². The van der Waals surface area contributed by atoms with Crippen LogP contribution in [0, 0.1) is 26.7 Å². The van der Waals surface area contributed by atoms with Crippen LogP contribution in [0.15, 0.2) is 35.1 Å². The van der Waals surface area contributed by atoms with Crippen LogP contribution in [0.2, 0.25) is 0 Å². The van der Waals surface area contributed by atoms with Crippen molar-refractivity contribution in [2.24, 2.45) is 13.0 Å². The third-order valence-corrected chi connectivity index (χ3v) is 7.74. The van der Waals surface area contributed by atoms with Gasteiger partial charge in [-0.25, -0.2) is 0 Å². The Morgan fingerprint density at radius 1 is 1.05 bits per heavy atom. The molecule has 9 nitrogen and oxygen atoms in total. The number of pyridine rings is 2. The summed E-state index contributed by atoms with van der Waals surface area (Å²) in [7, 11) is 1.92. The quantitative estimate of drug-likeness (QED) is 0.346. The molecule has 1 atom stereocenters. The lowest BCUT2D eigenvalue weighted by atomic mass is 9.88. The highest BCUT2D eigenvalue weighted by molar-refractivity contribution is 6.06. The van der Waals surface area contributed by atoms with E-state index in [0.717, 1.165) is 68.7 Å². The molecule has 0 saturated carbocycles. The van der Waals surface area contributed by atoms with Crippen molar-refractivity contribution >= 4 is 22.1 Å². The molecule has 1 fully saturated rings. The van der Waals surface area contributed by atoms with Crippen LogP contribution in [-0.4, -0.2) is 47.8 Å². The first-order valence-corrected chi connectivity index (χ1v) is 13.2. The summed E-state index contributed by atoms with van der Waals surface area (Å²) in [6, 6.07) is 6.32. The molecule has 0 spiro atoms. The number of aromatic nitrogens is 6. The molecule has 5 aromatic rings. The summed E-state index contributed by atoms with van der Waals surface area (Å²) in [4.78, 5) is 9.91. The first-order valence-electron chi connectivity index (χ1n) is 13.2. The molecule has 1 aliphatic heterocycles. The number of ether oxygens (including phenoxy) is 1. The first-order chi connectivity index (χ1) is 18.1. The second kappa shape index (κ2) is 9.03. The fourth-order valence-electron chi connectivity index (χ4n) is 5.95. The van der Waals surface area contributed by atoms with E-state index in [1.165, 1.54) is 0 Å². The predicted octanol–water partition coefficient (Wildman–Crippen LogP) is 5.14. The minimum absolute atomic E-state index is 0.0912. The Kier molecular flexibility index (Phi) is 5.88. The standard InChI is InChI=1S/C29H34N6O3/c1-16-7-8-21(30-14-16)25(19-9-11-37-12-10-19)35-22-13-20(23-17(2)33-38-18(23)3)15-31-24(22)26-27(35)28(29(4,5)36)32-34(26)6/h7-8,13-15,19,25,36H,9-12H2,1-6H3. The zero-order valence-electron chi connectivity index (χ0n) is 22.8. The van der Waals surface area contributed by atoms with E-state index in [1.54, 1.807) is 13.8 Å². The Bertz CT molecular complexity index is 1610. The maximum absolute atomic E-state index is 11.3. The summed E-state index contributed by atoms with van der Waals surface area (Å²) in [6.07, 6.45) is 5.63. The van der Waals surface area contributed by atoms with Crippen molar-refractivity contribution in [2.45, 2.75) is 59.1 Å². The largest absolute Gasteiger partial charge is 0.384 e. The van der Waals surface area contributed by atoms with Crippen molar-refractivity contribution in [3.8, 4) is 11.1 Å². The van der Waals surface area contributed by atoms with Gasteiger partial charge in [-0.1, -0.05) is 11.2 Å². The number of hydrogen-bond acceptors (Lipinski definition) is 7. The smallest absolute Gasteiger partial charge is 0.141 e. The molecule has 1 unspecified atom stereocenters. The Balaban J connectivity index is 1.73. The van der Waals surface area contributed by atoms with Gasteiger partial charge in [0.1, 0.15) is 28.1 Å². The van der Waals surface area contributed by atoms with Gasteiger partial charge >= 0.3 is 0 Å². The van der Waals surface area contributed by atoms with Gasteiger partial charge in [0.05, 0.1) is 28.5 Å². The van der Waals surface area contributed by atoms with Gasteiger partial charge < -0.3 is 18.9 Å². The van der Waals surface area contributed by atoms with Gasteiger partial charge in [0, 0.05) is 43.8 Å². The third-order valence-electron chi connectivity index (χ3n) is 7.74. The molecule has 0 aromatic carbocycles. The van der Waals surface area contributed by atoms with Crippen molar-refractivity contribution in [3.05, 3.63) is 59.0 Å². The van der Waals surface area contributed by atoms with Gasteiger partial charge in [-0.05, 0) is 71.1 Å². The summed E-state index contributed by atoms with van der Waals surface area (Å²) in [5.74, 6) is 1.04. The molecule has 0 amide bonds. The lowest BCUT2D eigenvalue weighted by Gasteiger charge is -2.32. The molecule has 0 bridgehead atoms. The summed E-state index contributed by atoms with van der Waals surface area (Å²) >= 11 is 0. The monoisotopic (exact) mass is 514 g/mol. The van der Waals surface area contributed by atoms with Crippen LogP contribution in [0.5, 0.6) is 0 Å². The Labute approximate surface area is 221 Å². The zero-order chi connectivity index (χ0) is 26.8. The summed E-state index contributed by atoms with van der Waals surface area (Å²) in [6.45, 7) is 10.9. The highest BCUT2D eigenvalue weighted by Gasteiger charge is 2.36. The minimum Gasteiger partial charge on any atom is -0.384 e. The minimum atomic E-state index is -1.16. The van der Waals surface area contributed by atoms with E-state index in [1.807, 2.05) is 38.0 Å². The molecular formula is C29H34N6O3. The van der Waals surface area contributed by atoms with Crippen LogP contribution in [0.25, 0.3) is 33.2 Å². The van der Waals surface area contributed by atoms with Gasteiger partial charge in [0.25, 0.3) is 0 Å². The van der Waals surface area contributed by atoms with Crippen LogP contribution in [-0.2, 0) is 17.4 Å². The average molecular weight is 515 g/mol. The molecule has 9 heteroatoms. The van der Waals surface area contributed by atoms with E-state index in [9.17, 15) is 5.11 Å². The van der Waals surface area contributed by atoms with Crippen LogP contribution < -0.4 is 0 Å². The van der Waals surface area contributed by atoms with Gasteiger partial charge in [0.15, 0.2) is 0 Å². The molecule has 1 saturated heterocycles. The number of aryl methyl sites for hydroxylation is 4. The molecule has 6 heterocycles. The fourth-order valence-corrected chi connectivity index (χ4v) is 5.95. The topological polar surface area (TPSA) is 104 Å². The van der Waals surface area contributed by atoms with E-state index in [0.29, 0.717) is 18.9 Å². The second-order valence-corrected chi connectivity index (χ2v) is 11.0. The average Bonchev–Trinajstić information content (AvgIpc) is 3.52. The number of aliphatic hydroxyl groups is 1. The maximum atomic E-state index is 11.3. The number of hydrogen-bond donors (Lipinski definition) is 1. The van der Waals surface area contributed by atoms with Crippen LogP contribution >= 0.6 is 0 Å². The summed E-state index contributed by atoms with van der Waals surface area (Å²) in [5.41, 5.74) is 7.87. The van der Waals surface area contributed by atoms with Crippen molar-refractivity contribution in [1.29, 1.82) is 0 Å². The van der Waals surface area contributed by atoms with Gasteiger partial charge in [-0.3, -0.25) is 14.6 Å². The van der Waals surface area contributed by atoms with Crippen LogP contribution in [0.4, 0.5) is 0 Å². The third kappa shape index (κ3) is 3.92. The molecule has 6 rings (SSSR count). The zero-order valence-corrected chi connectivity index (χ0v) is 22.8. The highest BCUT2D eigenvalue weighted by atomic mass is 16.5. The molecule has 38 heavy (non-hydrogen) atoms. The molecule has 5 aromatic heterocycles. The maximum Gasteiger partial charge on any atom is 0.141 e. The SMILES string of the molecule is Cc1ccc(C(C2CCOCC2)n2c3cc(-c4c(C)noc4C)cnc3c3c2c(C(C)(C)O)nn3C)nc1. The van der Waals surface area contributed by atoms with Crippen molar-refractivity contribution in [1.82, 2.24) is 29.5 Å². The van der Waals surface area contributed by atoms with Gasteiger partial charge in [-0.2, -0.15) is 5.10 Å². The van der Waals surface area contributed by atoms with E-state index < -0.39 is 5.60 Å². The Hall–Kier alpha value is -3.56. The number of fused-ring (bicyclic) bond motifs is 3. The van der Waals surface area contributed by atoms with E-state index in [4.69, 9.17) is 24.3 Å². The van der Waals surface area contributed by atoms with Crippen LogP contribution in [0.3, 0.4) is 0 Å². The predicted molar refractivity (Wildman–Crippen MR) is 145 cm³/mol. The lowest BCUT2D eigenvalue weighted by molar-refractivity contribution is 0.0542. The first kappa shape index (κ1) is 24.8. The van der Waals surface area contributed by atoms with E-state index in [-0.39, 0.29) is 12.0 Å². The normalized spacial score (nSPS) is 16.1. The Morgan fingerprint density at radius 3 is 2.45 bits per heavy atom. The molecule has 0 radical (unpaired) electrons. The molecule has 0 aliphatic carbocycles. The van der Waals surface area contributed by atoms with Gasteiger partial charge in [-0.15, -0.1) is 0 Å². The fraction of sp³-hybridized carbons (Fsp3) is 0.448. The Morgan fingerprint density at radius 2 is 1.82 bits per heavy atom. The van der Waals surface area contributed by atoms with E-state index in [2.05, 4.69) is 34.8 Å². The van der Waals surface area contributed by atoms with Crippen molar-refractivity contribution in [3.63, 3.8) is 0 Å². The molecule has 1 aliphatic rings. The molecular weight excluding hydrogens is 480 g/mol. The molecule has 1 N–H and O–H groups in total.